The fraction of sp³-hybridized carbons (Fsp3) is 0.600. The second-order valence-electron chi connectivity index (χ2n) is 4.93. The first kappa shape index (κ1) is 14.6. The normalized spacial score (nSPS) is 19.7. The van der Waals surface area contributed by atoms with E-state index in [2.05, 4.69) is 23.2 Å². The van der Waals surface area contributed by atoms with Crippen LogP contribution in [0, 0.1) is 0 Å². The van der Waals surface area contributed by atoms with Crippen molar-refractivity contribution in [2.75, 3.05) is 31.6 Å². The minimum absolute atomic E-state index is 0.347. The van der Waals surface area contributed by atoms with E-state index >= 15 is 0 Å². The van der Waals surface area contributed by atoms with E-state index < -0.39 is 0 Å². The topological polar surface area (TPSA) is 24.5 Å². The molecule has 3 nitrogen and oxygen atoms in total. The van der Waals surface area contributed by atoms with Gasteiger partial charge < -0.3 is 15.0 Å². The smallest absolute Gasteiger partial charge is 0.0750 e. The molecule has 1 aliphatic heterocycles. The number of nitrogens with zero attached hydrogens (tertiary/aromatic N) is 1. The summed E-state index contributed by atoms with van der Waals surface area (Å²) in [6, 6.07) is 6.15. The first-order valence-corrected chi connectivity index (χ1v) is 7.42. The van der Waals surface area contributed by atoms with Gasteiger partial charge in [0.1, 0.15) is 0 Å². The average molecular weight is 283 g/mol. The molecule has 0 bridgehead atoms. The second kappa shape index (κ2) is 7.13. The van der Waals surface area contributed by atoms with Crippen LogP contribution in [0.3, 0.4) is 0 Å². The number of ether oxygens (including phenoxy) is 1. The molecule has 19 heavy (non-hydrogen) atoms. The summed E-state index contributed by atoms with van der Waals surface area (Å²) < 4.78 is 5.77. The van der Waals surface area contributed by atoms with Gasteiger partial charge in [0.15, 0.2) is 0 Å². The van der Waals surface area contributed by atoms with Crippen LogP contribution in [0.25, 0.3) is 0 Å². The molecule has 1 atom stereocenters. The van der Waals surface area contributed by atoms with Crippen molar-refractivity contribution in [2.45, 2.75) is 32.4 Å². The molecular formula is C15H23ClN2O. The lowest BCUT2D eigenvalue weighted by Crippen LogP contribution is -2.40. The van der Waals surface area contributed by atoms with E-state index in [1.807, 2.05) is 19.2 Å². The highest BCUT2D eigenvalue weighted by Gasteiger charge is 2.22. The van der Waals surface area contributed by atoms with Gasteiger partial charge in [-0.15, -0.1) is 0 Å². The summed E-state index contributed by atoms with van der Waals surface area (Å²) in [5, 5.41) is 4.04. The van der Waals surface area contributed by atoms with Crippen molar-refractivity contribution in [3.8, 4) is 0 Å². The molecule has 1 saturated heterocycles. The van der Waals surface area contributed by atoms with Crippen LogP contribution in [0.1, 0.15) is 25.3 Å². The van der Waals surface area contributed by atoms with Crippen LogP contribution in [0.4, 0.5) is 5.69 Å². The molecule has 2 rings (SSSR count). The Hall–Kier alpha value is -0.770. The van der Waals surface area contributed by atoms with Gasteiger partial charge in [0, 0.05) is 42.5 Å². The SMILES string of the molecule is CCOC1CCCN(c2cccc(Cl)c2CNC)C1. The highest BCUT2D eigenvalue weighted by atomic mass is 35.5. The molecule has 0 saturated carbocycles. The molecule has 1 aliphatic rings. The first-order chi connectivity index (χ1) is 9.26. The van der Waals surface area contributed by atoms with Crippen LogP contribution < -0.4 is 10.2 Å². The molecule has 0 spiro atoms. The minimum atomic E-state index is 0.347. The number of halogens is 1. The first-order valence-electron chi connectivity index (χ1n) is 7.04. The third-order valence-electron chi connectivity index (χ3n) is 3.57. The summed E-state index contributed by atoms with van der Waals surface area (Å²) in [5.74, 6) is 0. The van der Waals surface area contributed by atoms with E-state index in [-0.39, 0.29) is 0 Å². The van der Waals surface area contributed by atoms with Gasteiger partial charge >= 0.3 is 0 Å². The predicted octanol–water partition coefficient (Wildman–Crippen LogP) is 3.06. The van der Waals surface area contributed by atoms with E-state index in [1.54, 1.807) is 0 Å². The van der Waals surface area contributed by atoms with Crippen molar-refractivity contribution >= 4 is 17.3 Å². The second-order valence-corrected chi connectivity index (χ2v) is 5.34. The van der Waals surface area contributed by atoms with Gasteiger partial charge in [0.2, 0.25) is 0 Å². The van der Waals surface area contributed by atoms with Crippen molar-refractivity contribution in [1.82, 2.24) is 5.32 Å². The maximum atomic E-state index is 6.33. The summed E-state index contributed by atoms with van der Waals surface area (Å²) in [4.78, 5) is 2.41. The number of piperidine rings is 1. The zero-order valence-electron chi connectivity index (χ0n) is 11.8. The molecule has 1 heterocycles. The van der Waals surface area contributed by atoms with E-state index in [4.69, 9.17) is 16.3 Å². The fourth-order valence-electron chi connectivity index (χ4n) is 2.72. The Morgan fingerprint density at radius 1 is 1.47 bits per heavy atom. The van der Waals surface area contributed by atoms with Crippen LogP contribution in [0.5, 0.6) is 0 Å². The van der Waals surface area contributed by atoms with Gasteiger partial charge in [0.25, 0.3) is 0 Å². The molecule has 0 radical (unpaired) electrons. The standard InChI is InChI=1S/C15H23ClN2O/c1-3-19-12-6-5-9-18(11-12)15-8-4-7-14(16)13(15)10-17-2/h4,7-8,12,17H,3,5-6,9-11H2,1-2H3. The van der Waals surface area contributed by atoms with E-state index in [1.165, 1.54) is 17.7 Å². The molecule has 1 aromatic rings. The Kier molecular flexibility index (Phi) is 5.49. The molecular weight excluding hydrogens is 260 g/mol. The number of hydrogen-bond acceptors (Lipinski definition) is 3. The van der Waals surface area contributed by atoms with Crippen LogP contribution in [0.2, 0.25) is 5.02 Å². The Labute approximate surface area is 120 Å². The number of nitrogens with one attached hydrogen (secondary N) is 1. The molecule has 0 aromatic heterocycles. The Morgan fingerprint density at radius 2 is 2.32 bits per heavy atom. The molecule has 1 aromatic carbocycles. The Morgan fingerprint density at radius 3 is 3.05 bits per heavy atom. The fourth-order valence-corrected chi connectivity index (χ4v) is 2.96. The van der Waals surface area contributed by atoms with Gasteiger partial charge in [-0.1, -0.05) is 17.7 Å². The van der Waals surface area contributed by atoms with Crippen LogP contribution in [-0.2, 0) is 11.3 Å². The molecule has 4 heteroatoms. The maximum absolute atomic E-state index is 6.33. The van der Waals surface area contributed by atoms with Gasteiger partial charge in [-0.2, -0.15) is 0 Å². The van der Waals surface area contributed by atoms with Gasteiger partial charge in [0.05, 0.1) is 6.10 Å². The molecule has 1 fully saturated rings. The number of rotatable bonds is 5. The highest BCUT2D eigenvalue weighted by molar-refractivity contribution is 6.31. The van der Waals surface area contributed by atoms with Crippen molar-refractivity contribution in [1.29, 1.82) is 0 Å². The third kappa shape index (κ3) is 3.62. The quantitative estimate of drug-likeness (QED) is 0.898. The summed E-state index contributed by atoms with van der Waals surface area (Å²) in [5.41, 5.74) is 2.43. The van der Waals surface area contributed by atoms with Crippen LogP contribution >= 0.6 is 11.6 Å². The number of benzene rings is 1. The Bertz CT molecular complexity index is 409. The monoisotopic (exact) mass is 282 g/mol. The highest BCUT2D eigenvalue weighted by Crippen LogP contribution is 2.30. The average Bonchev–Trinajstić information content (AvgIpc) is 2.42. The van der Waals surface area contributed by atoms with Crippen molar-refractivity contribution in [3.63, 3.8) is 0 Å². The van der Waals surface area contributed by atoms with Crippen molar-refractivity contribution < 1.29 is 4.74 Å². The van der Waals surface area contributed by atoms with Gasteiger partial charge in [-0.3, -0.25) is 0 Å². The predicted molar refractivity (Wildman–Crippen MR) is 81.1 cm³/mol. The van der Waals surface area contributed by atoms with Crippen molar-refractivity contribution in [3.05, 3.63) is 28.8 Å². The van der Waals surface area contributed by atoms with Gasteiger partial charge in [-0.25, -0.2) is 0 Å². The van der Waals surface area contributed by atoms with Crippen LogP contribution in [-0.4, -0.2) is 32.8 Å². The lowest BCUT2D eigenvalue weighted by Gasteiger charge is -2.35. The number of anilines is 1. The molecule has 1 unspecified atom stereocenters. The molecule has 0 amide bonds. The van der Waals surface area contributed by atoms with Crippen LogP contribution in [0.15, 0.2) is 18.2 Å². The summed E-state index contributed by atoms with van der Waals surface area (Å²) in [6.07, 6.45) is 2.68. The van der Waals surface area contributed by atoms with Gasteiger partial charge in [-0.05, 0) is 38.9 Å². The lowest BCUT2D eigenvalue weighted by atomic mass is 10.0. The number of hydrogen-bond donors (Lipinski definition) is 1. The molecule has 106 valence electrons. The molecule has 0 aliphatic carbocycles. The summed E-state index contributed by atoms with van der Waals surface area (Å²) >= 11 is 6.33. The zero-order valence-corrected chi connectivity index (χ0v) is 12.5. The maximum Gasteiger partial charge on any atom is 0.0750 e. The van der Waals surface area contributed by atoms with E-state index in [0.29, 0.717) is 6.10 Å². The summed E-state index contributed by atoms with van der Waals surface area (Å²) in [6.45, 7) is 5.69. The summed E-state index contributed by atoms with van der Waals surface area (Å²) in [7, 11) is 1.95. The zero-order chi connectivity index (χ0) is 13.7. The largest absolute Gasteiger partial charge is 0.377 e. The third-order valence-corrected chi connectivity index (χ3v) is 3.92. The molecule has 1 N–H and O–H groups in total. The van der Waals surface area contributed by atoms with E-state index in [0.717, 1.165) is 37.7 Å². The van der Waals surface area contributed by atoms with E-state index in [9.17, 15) is 0 Å². The van der Waals surface area contributed by atoms with Crippen molar-refractivity contribution in [2.24, 2.45) is 0 Å². The minimum Gasteiger partial charge on any atom is -0.377 e. The Balaban J connectivity index is 2.18. The lowest BCUT2D eigenvalue weighted by molar-refractivity contribution is 0.0526.